The zero-order valence-corrected chi connectivity index (χ0v) is 12.8. The van der Waals surface area contributed by atoms with Crippen molar-refractivity contribution in [1.82, 2.24) is 5.32 Å². The molecule has 0 aliphatic heterocycles. The van der Waals surface area contributed by atoms with Crippen molar-refractivity contribution < 1.29 is 14.3 Å². The second-order valence-electron chi connectivity index (χ2n) is 5.93. The quantitative estimate of drug-likeness (QED) is 0.926. The zero-order valence-electron chi connectivity index (χ0n) is 12.8. The minimum atomic E-state index is -0.0429. The van der Waals surface area contributed by atoms with Gasteiger partial charge in [-0.3, -0.25) is 4.79 Å². The van der Waals surface area contributed by atoms with Crippen LogP contribution in [0.25, 0.3) is 0 Å². The number of carbonyl (C=O) groups excluding carboxylic acids is 1. The van der Waals surface area contributed by atoms with Gasteiger partial charge in [0.2, 0.25) is 0 Å². The van der Waals surface area contributed by atoms with Gasteiger partial charge in [0.1, 0.15) is 0 Å². The van der Waals surface area contributed by atoms with Gasteiger partial charge in [0.05, 0.1) is 20.3 Å². The smallest absolute Gasteiger partial charge is 0.180 e. The molecule has 0 radical (unpaired) electrons. The number of fused-ring (bicyclic) bond motifs is 1. The van der Waals surface area contributed by atoms with Gasteiger partial charge < -0.3 is 14.8 Å². The highest BCUT2D eigenvalue weighted by Gasteiger charge is 2.32. The molecular formula is C17H23NO3. The summed E-state index contributed by atoms with van der Waals surface area (Å²) >= 11 is 0. The third-order valence-electron chi connectivity index (χ3n) is 4.71. The molecule has 1 atom stereocenters. The van der Waals surface area contributed by atoms with E-state index in [1.807, 2.05) is 12.1 Å². The molecule has 2 aliphatic rings. The van der Waals surface area contributed by atoms with Crippen LogP contribution >= 0.6 is 0 Å². The monoisotopic (exact) mass is 289 g/mol. The lowest BCUT2D eigenvalue weighted by molar-refractivity contribution is 0.0919. The highest BCUT2D eigenvalue weighted by atomic mass is 16.5. The Kier molecular flexibility index (Phi) is 4.15. The maximum Gasteiger partial charge on any atom is 0.180 e. The van der Waals surface area contributed by atoms with Crippen molar-refractivity contribution in [3.05, 3.63) is 23.3 Å². The number of hydrogen-bond donors (Lipinski definition) is 1. The molecule has 0 amide bonds. The van der Waals surface area contributed by atoms with Gasteiger partial charge in [-0.1, -0.05) is 12.8 Å². The first-order valence-electron chi connectivity index (χ1n) is 7.78. The van der Waals surface area contributed by atoms with Crippen molar-refractivity contribution in [1.29, 1.82) is 0 Å². The number of hydrogen-bond acceptors (Lipinski definition) is 4. The van der Waals surface area contributed by atoms with E-state index in [0.29, 0.717) is 17.5 Å². The maximum atomic E-state index is 12.7. The molecular weight excluding hydrogens is 266 g/mol. The number of methoxy groups -OCH3 is 2. The van der Waals surface area contributed by atoms with Crippen LogP contribution in [0.4, 0.5) is 0 Å². The summed E-state index contributed by atoms with van der Waals surface area (Å²) in [6, 6.07) is 4.18. The van der Waals surface area contributed by atoms with E-state index in [9.17, 15) is 4.79 Å². The van der Waals surface area contributed by atoms with E-state index in [-0.39, 0.29) is 11.8 Å². The molecule has 1 unspecified atom stereocenters. The van der Waals surface area contributed by atoms with Crippen LogP contribution in [0.2, 0.25) is 0 Å². The van der Waals surface area contributed by atoms with Crippen LogP contribution in [0.3, 0.4) is 0 Å². The Morgan fingerprint density at radius 3 is 2.52 bits per heavy atom. The number of ketones is 1. The number of carbonyl (C=O) groups is 1. The van der Waals surface area contributed by atoms with Gasteiger partial charge in [0, 0.05) is 17.2 Å². The van der Waals surface area contributed by atoms with Crippen LogP contribution in [-0.2, 0) is 6.42 Å². The third-order valence-corrected chi connectivity index (χ3v) is 4.71. The Morgan fingerprint density at radius 2 is 1.86 bits per heavy atom. The van der Waals surface area contributed by atoms with Crippen molar-refractivity contribution in [2.75, 3.05) is 14.2 Å². The van der Waals surface area contributed by atoms with Gasteiger partial charge in [-0.2, -0.15) is 0 Å². The van der Waals surface area contributed by atoms with E-state index in [0.717, 1.165) is 24.0 Å². The summed E-state index contributed by atoms with van der Waals surface area (Å²) in [5.74, 6) is 1.61. The molecule has 0 spiro atoms. The fourth-order valence-electron chi connectivity index (χ4n) is 3.61. The van der Waals surface area contributed by atoms with Crippen LogP contribution in [0.5, 0.6) is 11.5 Å². The average Bonchev–Trinajstić information content (AvgIpc) is 3.02. The summed E-state index contributed by atoms with van der Waals surface area (Å²) in [6.07, 6.45) is 6.64. The van der Waals surface area contributed by atoms with Gasteiger partial charge >= 0.3 is 0 Å². The van der Waals surface area contributed by atoms with Crippen molar-refractivity contribution in [2.45, 2.75) is 50.6 Å². The fraction of sp³-hybridized carbons (Fsp3) is 0.588. The molecule has 4 nitrogen and oxygen atoms in total. The van der Waals surface area contributed by atoms with E-state index in [1.165, 1.54) is 25.7 Å². The molecule has 21 heavy (non-hydrogen) atoms. The molecule has 2 aliphatic carbocycles. The predicted molar refractivity (Wildman–Crippen MR) is 81.4 cm³/mol. The van der Waals surface area contributed by atoms with E-state index in [1.54, 1.807) is 14.2 Å². The molecule has 0 bridgehead atoms. The third kappa shape index (κ3) is 2.64. The summed E-state index contributed by atoms with van der Waals surface area (Å²) in [5, 5.41) is 3.55. The van der Waals surface area contributed by atoms with Gasteiger partial charge in [-0.05, 0) is 37.8 Å². The van der Waals surface area contributed by atoms with Crippen LogP contribution in [0.15, 0.2) is 12.1 Å². The van der Waals surface area contributed by atoms with Crippen LogP contribution in [0, 0.1) is 0 Å². The van der Waals surface area contributed by atoms with Crippen molar-refractivity contribution in [3.63, 3.8) is 0 Å². The first kappa shape index (κ1) is 14.4. The second kappa shape index (κ2) is 6.06. The molecule has 4 heteroatoms. The number of Topliss-reactive ketones (excluding diaryl/α,β-unsaturated/α-hetero) is 1. The van der Waals surface area contributed by atoms with Gasteiger partial charge in [-0.25, -0.2) is 0 Å². The van der Waals surface area contributed by atoms with Crippen LogP contribution in [0.1, 0.15) is 48.0 Å². The van der Waals surface area contributed by atoms with E-state index >= 15 is 0 Å². The Balaban J connectivity index is 1.84. The number of rotatable bonds is 4. The molecule has 1 aromatic carbocycles. The summed E-state index contributed by atoms with van der Waals surface area (Å²) in [7, 11) is 3.25. The molecule has 0 aromatic heterocycles. The number of benzene rings is 1. The summed E-state index contributed by atoms with van der Waals surface area (Å²) in [6.45, 7) is 0. The molecule has 1 aromatic rings. The average molecular weight is 289 g/mol. The summed E-state index contributed by atoms with van der Waals surface area (Å²) < 4.78 is 10.8. The first-order valence-corrected chi connectivity index (χ1v) is 7.78. The molecule has 3 rings (SSSR count). The van der Waals surface area contributed by atoms with E-state index in [4.69, 9.17) is 9.47 Å². The van der Waals surface area contributed by atoms with E-state index < -0.39 is 0 Å². The standard InChI is InChI=1S/C17H23NO3/c1-20-15-10-8-12-13(17(15)21-2)7-9-14(16(12)19)18-11-5-3-4-6-11/h8,10-11,14,18H,3-7,9H2,1-2H3. The lowest BCUT2D eigenvalue weighted by atomic mass is 9.86. The van der Waals surface area contributed by atoms with Crippen LogP contribution < -0.4 is 14.8 Å². The second-order valence-corrected chi connectivity index (χ2v) is 5.93. The van der Waals surface area contributed by atoms with Crippen molar-refractivity contribution in [3.8, 4) is 11.5 Å². The Hall–Kier alpha value is -1.55. The molecule has 1 saturated carbocycles. The topological polar surface area (TPSA) is 47.6 Å². The Morgan fingerprint density at radius 1 is 1.10 bits per heavy atom. The first-order chi connectivity index (χ1) is 10.2. The normalized spacial score (nSPS) is 22.2. The summed E-state index contributed by atoms with van der Waals surface area (Å²) in [5.41, 5.74) is 1.78. The highest BCUT2D eigenvalue weighted by Crippen LogP contribution is 2.37. The molecule has 1 N–H and O–H groups in total. The number of nitrogens with one attached hydrogen (secondary N) is 1. The highest BCUT2D eigenvalue weighted by molar-refractivity contribution is 6.03. The molecule has 0 heterocycles. The number of ether oxygens (including phenoxy) is 2. The molecule has 114 valence electrons. The van der Waals surface area contributed by atoms with Gasteiger partial charge in [0.25, 0.3) is 0 Å². The lowest BCUT2D eigenvalue weighted by Gasteiger charge is -2.28. The minimum Gasteiger partial charge on any atom is -0.493 e. The predicted octanol–water partition coefficient (Wildman–Crippen LogP) is 2.73. The Labute approximate surface area is 125 Å². The van der Waals surface area contributed by atoms with E-state index in [2.05, 4.69) is 5.32 Å². The summed E-state index contributed by atoms with van der Waals surface area (Å²) in [4.78, 5) is 12.7. The van der Waals surface area contributed by atoms with Crippen LogP contribution in [-0.4, -0.2) is 32.1 Å². The maximum absolute atomic E-state index is 12.7. The lowest BCUT2D eigenvalue weighted by Crippen LogP contribution is -2.44. The largest absolute Gasteiger partial charge is 0.493 e. The molecule has 0 saturated heterocycles. The fourth-order valence-corrected chi connectivity index (χ4v) is 3.61. The zero-order chi connectivity index (χ0) is 14.8. The van der Waals surface area contributed by atoms with Crippen molar-refractivity contribution >= 4 is 5.78 Å². The molecule has 1 fully saturated rings. The van der Waals surface area contributed by atoms with Crippen molar-refractivity contribution in [2.24, 2.45) is 0 Å². The SMILES string of the molecule is COc1ccc2c(c1OC)CCC(NC1CCCC1)C2=O. The van der Waals surface area contributed by atoms with Gasteiger partial charge in [0.15, 0.2) is 17.3 Å². The Bertz CT molecular complexity index is 535. The van der Waals surface area contributed by atoms with Gasteiger partial charge in [-0.15, -0.1) is 0 Å². The minimum absolute atomic E-state index is 0.0429.